The summed E-state index contributed by atoms with van der Waals surface area (Å²) in [5.41, 5.74) is 5.22. The van der Waals surface area contributed by atoms with Gasteiger partial charge in [-0.15, -0.1) is 0 Å². The third-order valence-corrected chi connectivity index (χ3v) is 2.96. The third-order valence-electron chi connectivity index (χ3n) is 2.96. The van der Waals surface area contributed by atoms with Crippen molar-refractivity contribution >= 4 is 0 Å². The van der Waals surface area contributed by atoms with Crippen LogP contribution in [0, 0.1) is 0 Å². The summed E-state index contributed by atoms with van der Waals surface area (Å²) in [7, 11) is 0. The van der Waals surface area contributed by atoms with E-state index in [-0.39, 0.29) is 12.3 Å². The number of hydrazine groups is 1. The number of hydrogen-bond acceptors (Lipinski definition) is 4. The fourth-order valence-corrected chi connectivity index (χ4v) is 2.13. The molecule has 0 aliphatic rings. The maximum atomic E-state index is 5.68. The molecule has 0 aliphatic heterocycles. The minimum absolute atomic E-state index is 0.156. The van der Waals surface area contributed by atoms with Gasteiger partial charge in [0.2, 0.25) is 0 Å². The Kier molecular flexibility index (Phi) is 7.67. The van der Waals surface area contributed by atoms with E-state index in [2.05, 4.69) is 36.6 Å². The van der Waals surface area contributed by atoms with E-state index in [9.17, 15) is 0 Å². The fraction of sp³-hybridized carbons (Fsp3) is 0.600. The summed E-state index contributed by atoms with van der Waals surface area (Å²) in [5, 5.41) is 0. The highest BCUT2D eigenvalue weighted by molar-refractivity contribution is 5.26. The smallest absolute Gasteiger partial charge is 0.178 e. The molecule has 1 aromatic rings. The summed E-state index contributed by atoms with van der Waals surface area (Å²) >= 11 is 0. The van der Waals surface area contributed by atoms with E-state index in [1.165, 1.54) is 5.56 Å². The van der Waals surface area contributed by atoms with E-state index >= 15 is 0 Å². The van der Waals surface area contributed by atoms with Crippen molar-refractivity contribution in [2.75, 3.05) is 13.2 Å². The predicted octanol–water partition coefficient (Wildman–Crippen LogP) is 2.54. The van der Waals surface area contributed by atoms with Crippen molar-refractivity contribution in [2.24, 2.45) is 5.84 Å². The van der Waals surface area contributed by atoms with Crippen molar-refractivity contribution in [1.82, 2.24) is 5.43 Å². The van der Waals surface area contributed by atoms with E-state index in [0.29, 0.717) is 13.2 Å². The highest BCUT2D eigenvalue weighted by atomic mass is 16.7. The standard InChI is InChI=1S/C15H26N2O2/c1-4-8-12-9-7-10-13(11-12)14(17-16)15(18-5-2)19-6-3/h7,9-11,14-15,17H,4-6,8,16H2,1-3H3. The molecule has 108 valence electrons. The van der Waals surface area contributed by atoms with Crippen LogP contribution >= 0.6 is 0 Å². The molecule has 0 amide bonds. The SMILES string of the molecule is CCCc1cccc(C(NN)C(OCC)OCC)c1. The molecule has 1 aromatic carbocycles. The van der Waals surface area contributed by atoms with E-state index in [1.54, 1.807) is 0 Å². The van der Waals surface area contributed by atoms with Gasteiger partial charge in [-0.25, -0.2) is 5.43 Å². The van der Waals surface area contributed by atoms with Crippen LogP contribution in [-0.4, -0.2) is 19.5 Å². The molecule has 4 nitrogen and oxygen atoms in total. The molecule has 0 aromatic heterocycles. The van der Waals surface area contributed by atoms with Crippen molar-refractivity contribution in [2.45, 2.75) is 45.9 Å². The highest BCUT2D eigenvalue weighted by Gasteiger charge is 2.23. The average Bonchev–Trinajstić information content (AvgIpc) is 2.41. The monoisotopic (exact) mass is 266 g/mol. The Labute approximate surface area is 116 Å². The molecule has 19 heavy (non-hydrogen) atoms. The van der Waals surface area contributed by atoms with Crippen LogP contribution in [0.25, 0.3) is 0 Å². The maximum Gasteiger partial charge on any atom is 0.178 e. The number of aryl methyl sites for hydroxylation is 1. The number of nitrogens with two attached hydrogens (primary N) is 1. The lowest BCUT2D eigenvalue weighted by Crippen LogP contribution is -2.39. The van der Waals surface area contributed by atoms with Crippen LogP contribution in [0.4, 0.5) is 0 Å². The Bertz CT molecular complexity index is 352. The topological polar surface area (TPSA) is 56.5 Å². The van der Waals surface area contributed by atoms with Crippen LogP contribution < -0.4 is 11.3 Å². The lowest BCUT2D eigenvalue weighted by Gasteiger charge is -2.26. The first-order chi connectivity index (χ1) is 9.26. The molecule has 0 saturated carbocycles. The molecule has 0 spiro atoms. The summed E-state index contributed by atoms with van der Waals surface area (Å²) in [5.74, 6) is 5.68. The zero-order valence-corrected chi connectivity index (χ0v) is 12.2. The van der Waals surface area contributed by atoms with Gasteiger partial charge in [-0.05, 0) is 31.4 Å². The third kappa shape index (κ3) is 4.91. The Balaban J connectivity index is 2.89. The van der Waals surface area contributed by atoms with E-state index in [1.807, 2.05) is 13.8 Å². The molecule has 0 aliphatic carbocycles. The second-order valence-electron chi connectivity index (χ2n) is 4.42. The van der Waals surface area contributed by atoms with Gasteiger partial charge in [-0.1, -0.05) is 37.6 Å². The summed E-state index contributed by atoms with van der Waals surface area (Å²) in [4.78, 5) is 0. The number of rotatable bonds is 9. The van der Waals surface area contributed by atoms with Crippen molar-refractivity contribution < 1.29 is 9.47 Å². The van der Waals surface area contributed by atoms with Crippen LogP contribution in [0.15, 0.2) is 24.3 Å². The van der Waals surface area contributed by atoms with E-state index in [0.717, 1.165) is 18.4 Å². The van der Waals surface area contributed by atoms with Crippen molar-refractivity contribution in [3.63, 3.8) is 0 Å². The summed E-state index contributed by atoms with van der Waals surface area (Å²) in [6.07, 6.45) is 1.83. The summed E-state index contributed by atoms with van der Waals surface area (Å²) in [6.45, 7) is 7.27. The van der Waals surface area contributed by atoms with Gasteiger partial charge in [-0.2, -0.15) is 0 Å². The average molecular weight is 266 g/mol. The minimum atomic E-state index is -0.364. The molecule has 0 saturated heterocycles. The lowest BCUT2D eigenvalue weighted by molar-refractivity contribution is -0.155. The molecule has 3 N–H and O–H groups in total. The zero-order chi connectivity index (χ0) is 14.1. The van der Waals surface area contributed by atoms with Gasteiger partial charge in [0.25, 0.3) is 0 Å². The van der Waals surface area contributed by atoms with Crippen molar-refractivity contribution in [3.8, 4) is 0 Å². The normalized spacial score (nSPS) is 12.9. The number of nitrogens with one attached hydrogen (secondary N) is 1. The Hall–Kier alpha value is -0.940. The second kappa shape index (κ2) is 9.04. The number of hydrogen-bond donors (Lipinski definition) is 2. The largest absolute Gasteiger partial charge is 0.351 e. The van der Waals surface area contributed by atoms with Crippen LogP contribution in [0.1, 0.15) is 44.4 Å². The first-order valence-corrected chi connectivity index (χ1v) is 7.04. The van der Waals surface area contributed by atoms with Gasteiger partial charge in [0.05, 0.1) is 6.04 Å². The number of benzene rings is 1. The van der Waals surface area contributed by atoms with Crippen LogP contribution in [0.3, 0.4) is 0 Å². The van der Waals surface area contributed by atoms with Gasteiger partial charge in [0.15, 0.2) is 6.29 Å². The van der Waals surface area contributed by atoms with E-state index < -0.39 is 0 Å². The molecule has 1 rings (SSSR count). The minimum Gasteiger partial charge on any atom is -0.351 e. The quantitative estimate of drug-likeness (QED) is 0.410. The summed E-state index contributed by atoms with van der Waals surface area (Å²) in [6, 6.07) is 8.25. The van der Waals surface area contributed by atoms with Gasteiger partial charge in [0.1, 0.15) is 0 Å². The van der Waals surface area contributed by atoms with Gasteiger partial charge < -0.3 is 9.47 Å². The van der Waals surface area contributed by atoms with Gasteiger partial charge in [0, 0.05) is 13.2 Å². The van der Waals surface area contributed by atoms with Crippen molar-refractivity contribution in [1.29, 1.82) is 0 Å². The van der Waals surface area contributed by atoms with Gasteiger partial charge in [-0.3, -0.25) is 5.84 Å². The molecule has 1 unspecified atom stereocenters. The molecular weight excluding hydrogens is 240 g/mol. The second-order valence-corrected chi connectivity index (χ2v) is 4.42. The molecule has 0 fully saturated rings. The fourth-order valence-electron chi connectivity index (χ4n) is 2.13. The molecular formula is C15H26N2O2. The summed E-state index contributed by atoms with van der Waals surface area (Å²) < 4.78 is 11.2. The molecule has 0 radical (unpaired) electrons. The Morgan fingerprint density at radius 2 is 1.84 bits per heavy atom. The maximum absolute atomic E-state index is 5.68. The van der Waals surface area contributed by atoms with Gasteiger partial charge >= 0.3 is 0 Å². The van der Waals surface area contributed by atoms with Crippen LogP contribution in [-0.2, 0) is 15.9 Å². The number of ether oxygens (including phenoxy) is 2. The molecule has 0 bridgehead atoms. The Morgan fingerprint density at radius 3 is 2.37 bits per heavy atom. The predicted molar refractivity (Wildman–Crippen MR) is 77.5 cm³/mol. The van der Waals surface area contributed by atoms with Crippen molar-refractivity contribution in [3.05, 3.63) is 35.4 Å². The first kappa shape index (κ1) is 16.1. The highest BCUT2D eigenvalue weighted by Crippen LogP contribution is 2.21. The molecule has 0 heterocycles. The van der Waals surface area contributed by atoms with Crippen LogP contribution in [0.5, 0.6) is 0 Å². The first-order valence-electron chi connectivity index (χ1n) is 7.04. The Morgan fingerprint density at radius 1 is 1.16 bits per heavy atom. The zero-order valence-electron chi connectivity index (χ0n) is 12.2. The van der Waals surface area contributed by atoms with E-state index in [4.69, 9.17) is 15.3 Å². The lowest BCUT2D eigenvalue weighted by atomic mass is 10.0. The molecule has 4 heteroatoms. The molecule has 1 atom stereocenters. The van der Waals surface area contributed by atoms with Crippen LogP contribution in [0.2, 0.25) is 0 Å².